The molecule has 1 rings (SSSR count). The number of hydrogen-bond donors (Lipinski definition) is 6. The summed E-state index contributed by atoms with van der Waals surface area (Å²) in [6.45, 7) is 3.24. The molecule has 0 spiro atoms. The summed E-state index contributed by atoms with van der Waals surface area (Å²) in [5, 5.41) is 50.1. The lowest BCUT2D eigenvalue weighted by Gasteiger charge is -2.41. The number of allylic oxidation sites excluding steroid dienone is 4. The fourth-order valence-electron chi connectivity index (χ4n) is 7.03. The van der Waals surface area contributed by atoms with Gasteiger partial charge in [-0.15, -0.1) is 0 Å². The zero-order valence-electron chi connectivity index (χ0n) is 36.6. The van der Waals surface area contributed by atoms with Gasteiger partial charge >= 0.3 is 19.8 Å². The highest BCUT2D eigenvalue weighted by Gasteiger charge is 2.51. The van der Waals surface area contributed by atoms with E-state index < -0.39 is 75.7 Å². The standard InChI is InChI=1S/C45H83O13P/c1-3-5-7-9-11-13-15-17-19-21-23-25-27-29-31-33-38(46)55-35-37(36-56-59(53,54)58-45-43(51)41(49)40(48)42(50)44(45)52)57-39(47)34-32-30-28-26-24-22-20-18-16-14-12-10-8-6-4-2/h27-30,37,40-45,48-52H,3-26,31-36H2,1-2H3,(H,53,54)/b29-27+,30-28+/t37-,40?,41-,42?,43?,44?,45?/m1/s1. The Hall–Kier alpha value is -1.67. The number of phosphoric acid groups is 1. The summed E-state index contributed by atoms with van der Waals surface area (Å²) in [6.07, 6.45) is 25.5. The van der Waals surface area contributed by atoms with Crippen molar-refractivity contribution in [2.24, 2.45) is 0 Å². The Kier molecular flexibility index (Phi) is 33.7. The smallest absolute Gasteiger partial charge is 0.462 e. The van der Waals surface area contributed by atoms with Gasteiger partial charge in [-0.25, -0.2) is 4.57 Å². The molecule has 0 radical (unpaired) electrons. The Morgan fingerprint density at radius 3 is 1.29 bits per heavy atom. The van der Waals surface area contributed by atoms with Gasteiger partial charge in [-0.1, -0.05) is 167 Å². The van der Waals surface area contributed by atoms with Crippen LogP contribution in [0, 0.1) is 0 Å². The van der Waals surface area contributed by atoms with Crippen molar-refractivity contribution in [3.05, 3.63) is 24.3 Å². The first-order valence-corrected chi connectivity index (χ1v) is 24.6. The van der Waals surface area contributed by atoms with Crippen LogP contribution in [0.1, 0.15) is 194 Å². The molecule has 59 heavy (non-hydrogen) atoms. The minimum Gasteiger partial charge on any atom is -0.462 e. The van der Waals surface area contributed by atoms with Crippen molar-refractivity contribution in [3.8, 4) is 0 Å². The van der Waals surface area contributed by atoms with Gasteiger partial charge in [-0.3, -0.25) is 18.6 Å². The Balaban J connectivity index is 2.50. The molecule has 0 amide bonds. The van der Waals surface area contributed by atoms with Gasteiger partial charge in [0.25, 0.3) is 0 Å². The molecule has 0 aromatic rings. The SMILES string of the molecule is CCCCCCCCCCCCC/C=C/CCC(=O)OC[C@H](COP(=O)(O)OC1C(O)C(O)C(O)[C@@H](O)C1O)OC(=O)CC/C=C/CCCCCCCCCCCCC. The van der Waals surface area contributed by atoms with Crippen LogP contribution in [0.5, 0.6) is 0 Å². The first-order chi connectivity index (χ1) is 28.4. The zero-order valence-corrected chi connectivity index (χ0v) is 37.4. The second-order valence-corrected chi connectivity index (χ2v) is 17.7. The van der Waals surface area contributed by atoms with Crippen molar-refractivity contribution in [2.45, 2.75) is 236 Å². The molecule has 1 fully saturated rings. The largest absolute Gasteiger partial charge is 0.472 e. The minimum atomic E-state index is -5.13. The molecule has 0 heterocycles. The quantitative estimate of drug-likeness (QED) is 0.0149. The lowest BCUT2D eigenvalue weighted by atomic mass is 9.85. The Bertz CT molecular complexity index is 1130. The molecular weight excluding hydrogens is 779 g/mol. The third-order valence-corrected chi connectivity index (χ3v) is 11.8. The van der Waals surface area contributed by atoms with E-state index >= 15 is 0 Å². The highest BCUT2D eigenvalue weighted by atomic mass is 31.2. The van der Waals surface area contributed by atoms with E-state index in [1.165, 1.54) is 128 Å². The number of rotatable bonds is 38. The van der Waals surface area contributed by atoms with Crippen LogP contribution >= 0.6 is 7.82 Å². The number of carbonyl (C=O) groups excluding carboxylic acids is 2. The maximum atomic E-state index is 12.8. The zero-order chi connectivity index (χ0) is 43.6. The second kappa shape index (κ2) is 35.9. The molecule has 6 N–H and O–H groups in total. The number of ether oxygens (including phenoxy) is 2. The number of unbranched alkanes of at least 4 members (excludes halogenated alkanes) is 22. The van der Waals surface area contributed by atoms with E-state index in [1.807, 2.05) is 18.2 Å². The van der Waals surface area contributed by atoms with Crippen LogP contribution in [0.4, 0.5) is 0 Å². The predicted molar refractivity (Wildman–Crippen MR) is 230 cm³/mol. The number of phosphoric ester groups is 1. The van der Waals surface area contributed by atoms with Crippen molar-refractivity contribution >= 4 is 19.8 Å². The molecule has 0 saturated heterocycles. The Labute approximate surface area is 356 Å². The topological polar surface area (TPSA) is 210 Å². The van der Waals surface area contributed by atoms with Crippen molar-refractivity contribution in [3.63, 3.8) is 0 Å². The first-order valence-electron chi connectivity index (χ1n) is 23.1. The Morgan fingerprint density at radius 1 is 0.508 bits per heavy atom. The summed E-state index contributed by atoms with van der Waals surface area (Å²) in [5.74, 6) is -1.21. The fraction of sp³-hybridized carbons (Fsp3) is 0.867. The van der Waals surface area contributed by atoms with Crippen molar-refractivity contribution in [2.75, 3.05) is 13.2 Å². The van der Waals surface area contributed by atoms with E-state index in [0.717, 1.165) is 25.7 Å². The number of esters is 2. The van der Waals surface area contributed by atoms with E-state index in [1.54, 1.807) is 0 Å². The van der Waals surface area contributed by atoms with E-state index in [0.29, 0.717) is 12.8 Å². The number of aliphatic hydroxyl groups excluding tert-OH is 5. The summed E-state index contributed by atoms with van der Waals surface area (Å²) < 4.78 is 33.4. The number of hydrogen-bond acceptors (Lipinski definition) is 12. The molecule has 0 bridgehead atoms. The van der Waals surface area contributed by atoms with Crippen LogP contribution in [0.3, 0.4) is 0 Å². The van der Waals surface area contributed by atoms with Gasteiger partial charge in [0, 0.05) is 12.8 Å². The molecule has 6 unspecified atom stereocenters. The molecule has 1 saturated carbocycles. The van der Waals surface area contributed by atoms with Gasteiger partial charge < -0.3 is 39.9 Å². The highest BCUT2D eigenvalue weighted by molar-refractivity contribution is 7.47. The summed E-state index contributed by atoms with van der Waals surface area (Å²) in [7, 11) is -5.13. The molecule has 346 valence electrons. The van der Waals surface area contributed by atoms with Gasteiger partial charge in [0.1, 0.15) is 43.2 Å². The van der Waals surface area contributed by atoms with Gasteiger partial charge in [0.2, 0.25) is 0 Å². The molecule has 0 aromatic heterocycles. The summed E-state index contributed by atoms with van der Waals surface area (Å²) >= 11 is 0. The van der Waals surface area contributed by atoms with Crippen LogP contribution in [0.2, 0.25) is 0 Å². The molecule has 14 heteroatoms. The van der Waals surface area contributed by atoms with Gasteiger partial charge in [-0.2, -0.15) is 0 Å². The summed E-state index contributed by atoms with van der Waals surface area (Å²) in [6, 6.07) is 0. The average molecular weight is 863 g/mol. The van der Waals surface area contributed by atoms with Crippen LogP contribution in [0.25, 0.3) is 0 Å². The predicted octanol–water partition coefficient (Wildman–Crippen LogP) is 8.84. The van der Waals surface area contributed by atoms with E-state index in [-0.39, 0.29) is 12.8 Å². The minimum absolute atomic E-state index is 0.00890. The number of aliphatic hydroxyl groups is 5. The fourth-order valence-corrected chi connectivity index (χ4v) is 8.00. The molecule has 8 atom stereocenters. The molecular formula is C45H83O13P. The Morgan fingerprint density at radius 2 is 0.864 bits per heavy atom. The first kappa shape index (κ1) is 55.3. The van der Waals surface area contributed by atoms with E-state index in [2.05, 4.69) is 19.9 Å². The monoisotopic (exact) mass is 863 g/mol. The summed E-state index contributed by atoms with van der Waals surface area (Å²) in [5.41, 5.74) is 0. The number of carbonyl (C=O) groups is 2. The second-order valence-electron chi connectivity index (χ2n) is 16.3. The van der Waals surface area contributed by atoms with Crippen LogP contribution in [0.15, 0.2) is 24.3 Å². The third-order valence-electron chi connectivity index (χ3n) is 10.8. The van der Waals surface area contributed by atoms with E-state index in [9.17, 15) is 44.6 Å². The molecule has 1 aliphatic rings. The van der Waals surface area contributed by atoms with Crippen LogP contribution < -0.4 is 0 Å². The molecule has 0 aliphatic heterocycles. The average Bonchev–Trinajstić information content (AvgIpc) is 3.21. The van der Waals surface area contributed by atoms with Crippen LogP contribution in [-0.2, 0) is 32.7 Å². The summed E-state index contributed by atoms with van der Waals surface area (Å²) in [4.78, 5) is 35.6. The lowest BCUT2D eigenvalue weighted by Crippen LogP contribution is -2.64. The van der Waals surface area contributed by atoms with Crippen molar-refractivity contribution in [1.82, 2.24) is 0 Å². The maximum Gasteiger partial charge on any atom is 0.472 e. The van der Waals surface area contributed by atoms with Crippen molar-refractivity contribution in [1.29, 1.82) is 0 Å². The van der Waals surface area contributed by atoms with E-state index in [4.69, 9.17) is 18.5 Å². The van der Waals surface area contributed by atoms with Gasteiger partial charge in [0.15, 0.2) is 6.10 Å². The normalized spacial score (nSPS) is 22.5. The highest BCUT2D eigenvalue weighted by Crippen LogP contribution is 2.47. The van der Waals surface area contributed by atoms with Gasteiger partial charge in [0.05, 0.1) is 6.61 Å². The molecule has 1 aliphatic carbocycles. The lowest BCUT2D eigenvalue weighted by molar-refractivity contribution is -0.220. The van der Waals surface area contributed by atoms with Crippen LogP contribution in [-0.4, -0.2) is 98.3 Å². The third kappa shape index (κ3) is 28.5. The van der Waals surface area contributed by atoms with Gasteiger partial charge in [-0.05, 0) is 38.5 Å². The molecule has 0 aromatic carbocycles. The molecule has 13 nitrogen and oxygen atoms in total. The van der Waals surface area contributed by atoms with Crippen molar-refractivity contribution < 1.29 is 63.1 Å². The maximum absolute atomic E-state index is 12.8.